The number of nitrogens with zero attached hydrogens (tertiary/aromatic N) is 3. The summed E-state index contributed by atoms with van der Waals surface area (Å²) < 4.78 is 18.0. The van der Waals surface area contributed by atoms with E-state index in [-0.39, 0.29) is 29.7 Å². The first-order valence-corrected chi connectivity index (χ1v) is 10.9. The van der Waals surface area contributed by atoms with Gasteiger partial charge in [0, 0.05) is 24.7 Å². The number of aromatic nitrogens is 2. The van der Waals surface area contributed by atoms with E-state index in [1.165, 1.54) is 37.6 Å². The van der Waals surface area contributed by atoms with Gasteiger partial charge in [0.1, 0.15) is 5.82 Å². The molecule has 9 heteroatoms. The molecule has 4 rings (SSSR count). The van der Waals surface area contributed by atoms with E-state index in [4.69, 9.17) is 16.3 Å². The summed E-state index contributed by atoms with van der Waals surface area (Å²) in [6.07, 6.45) is 6.77. The van der Waals surface area contributed by atoms with Gasteiger partial charge in [-0.05, 0) is 49.1 Å². The van der Waals surface area contributed by atoms with Crippen molar-refractivity contribution in [2.45, 2.75) is 31.7 Å². The SMILES string of the molecule is COC(=O)[C@H]1CCC[C@@H](Nc2ncc(Cl)c(C3=CCN(C(=O)c4ccc(F)cc4)C3)n2)C1. The van der Waals surface area contributed by atoms with Crippen LogP contribution < -0.4 is 5.32 Å². The van der Waals surface area contributed by atoms with E-state index in [1.807, 2.05) is 6.08 Å². The lowest BCUT2D eigenvalue weighted by atomic mass is 9.86. The van der Waals surface area contributed by atoms with Crippen molar-refractivity contribution in [1.82, 2.24) is 14.9 Å². The first-order valence-electron chi connectivity index (χ1n) is 10.6. The van der Waals surface area contributed by atoms with Crippen LogP contribution in [-0.4, -0.2) is 53.0 Å². The van der Waals surface area contributed by atoms with Crippen molar-refractivity contribution in [2.75, 3.05) is 25.5 Å². The van der Waals surface area contributed by atoms with Crippen molar-refractivity contribution in [3.05, 3.63) is 58.6 Å². The number of amides is 1. The molecule has 1 fully saturated rings. The van der Waals surface area contributed by atoms with Crippen LogP contribution in [0.1, 0.15) is 41.7 Å². The topological polar surface area (TPSA) is 84.4 Å². The van der Waals surface area contributed by atoms with Crippen LogP contribution >= 0.6 is 11.6 Å². The maximum atomic E-state index is 13.1. The Morgan fingerprint density at radius 2 is 2.03 bits per heavy atom. The Bertz CT molecular complexity index is 1040. The molecule has 1 saturated carbocycles. The molecule has 1 amide bonds. The van der Waals surface area contributed by atoms with Gasteiger partial charge in [0.25, 0.3) is 5.91 Å². The molecule has 2 heterocycles. The lowest BCUT2D eigenvalue weighted by Crippen LogP contribution is -2.32. The number of hydrogen-bond acceptors (Lipinski definition) is 6. The highest BCUT2D eigenvalue weighted by molar-refractivity contribution is 6.32. The van der Waals surface area contributed by atoms with E-state index in [9.17, 15) is 14.0 Å². The minimum Gasteiger partial charge on any atom is -0.469 e. The second kappa shape index (κ2) is 9.65. The number of halogens is 2. The van der Waals surface area contributed by atoms with Gasteiger partial charge in [0.15, 0.2) is 0 Å². The molecule has 1 aromatic heterocycles. The van der Waals surface area contributed by atoms with Gasteiger partial charge >= 0.3 is 5.97 Å². The summed E-state index contributed by atoms with van der Waals surface area (Å²) >= 11 is 6.36. The summed E-state index contributed by atoms with van der Waals surface area (Å²) in [7, 11) is 1.41. The van der Waals surface area contributed by atoms with Crippen LogP contribution in [0.5, 0.6) is 0 Å². The zero-order valence-electron chi connectivity index (χ0n) is 17.7. The van der Waals surface area contributed by atoms with Crippen molar-refractivity contribution < 1.29 is 18.7 Å². The van der Waals surface area contributed by atoms with Gasteiger partial charge in [-0.3, -0.25) is 9.59 Å². The first kappa shape index (κ1) is 22.2. The first-order chi connectivity index (χ1) is 15.4. The minimum absolute atomic E-state index is 0.0657. The third-order valence-electron chi connectivity index (χ3n) is 5.89. The summed E-state index contributed by atoms with van der Waals surface area (Å²) in [5.41, 5.74) is 1.82. The summed E-state index contributed by atoms with van der Waals surface area (Å²) in [5.74, 6) is -0.441. The number of benzene rings is 1. The zero-order chi connectivity index (χ0) is 22.7. The number of nitrogens with one attached hydrogen (secondary N) is 1. The van der Waals surface area contributed by atoms with Gasteiger partial charge in [0.05, 0.1) is 29.9 Å². The fraction of sp³-hybridized carbons (Fsp3) is 0.391. The maximum absolute atomic E-state index is 13.1. The molecule has 168 valence electrons. The number of carbonyl (C=O) groups is 2. The molecule has 1 aromatic carbocycles. The van der Waals surface area contributed by atoms with Crippen LogP contribution in [0.3, 0.4) is 0 Å². The molecular formula is C23H24ClFN4O3. The van der Waals surface area contributed by atoms with Crippen LogP contribution in [0.15, 0.2) is 36.5 Å². The molecule has 2 atom stereocenters. The molecule has 2 aliphatic rings. The fourth-order valence-corrected chi connectivity index (χ4v) is 4.41. The molecule has 1 aliphatic carbocycles. The average Bonchev–Trinajstić information content (AvgIpc) is 3.30. The number of esters is 1. The van der Waals surface area contributed by atoms with Crippen LogP contribution in [0.4, 0.5) is 10.3 Å². The van der Waals surface area contributed by atoms with Crippen LogP contribution in [0.2, 0.25) is 5.02 Å². The van der Waals surface area contributed by atoms with E-state index in [1.54, 1.807) is 4.90 Å². The second-order valence-electron chi connectivity index (χ2n) is 8.04. The van der Waals surface area contributed by atoms with E-state index in [0.717, 1.165) is 24.8 Å². The van der Waals surface area contributed by atoms with Gasteiger partial charge in [-0.2, -0.15) is 0 Å². The summed E-state index contributed by atoms with van der Waals surface area (Å²) in [6.45, 7) is 0.762. The van der Waals surface area contributed by atoms with E-state index < -0.39 is 0 Å². The van der Waals surface area contributed by atoms with Crippen LogP contribution in [0, 0.1) is 11.7 Å². The predicted molar refractivity (Wildman–Crippen MR) is 119 cm³/mol. The molecule has 0 spiro atoms. The van der Waals surface area contributed by atoms with Crippen molar-refractivity contribution in [3.63, 3.8) is 0 Å². The number of rotatable bonds is 5. The van der Waals surface area contributed by atoms with E-state index in [0.29, 0.717) is 41.7 Å². The highest BCUT2D eigenvalue weighted by atomic mass is 35.5. The van der Waals surface area contributed by atoms with Gasteiger partial charge in [-0.1, -0.05) is 24.1 Å². The molecule has 0 bridgehead atoms. The van der Waals surface area contributed by atoms with Crippen molar-refractivity contribution >= 4 is 35.0 Å². The Balaban J connectivity index is 1.43. The quantitative estimate of drug-likeness (QED) is 0.683. The molecule has 1 N–H and O–H groups in total. The number of hydrogen-bond donors (Lipinski definition) is 1. The maximum Gasteiger partial charge on any atom is 0.308 e. The monoisotopic (exact) mass is 458 g/mol. The Morgan fingerprint density at radius 3 is 2.78 bits per heavy atom. The predicted octanol–water partition coefficient (Wildman–Crippen LogP) is 3.95. The highest BCUT2D eigenvalue weighted by Gasteiger charge is 2.29. The smallest absolute Gasteiger partial charge is 0.308 e. The molecular weight excluding hydrogens is 435 g/mol. The number of ether oxygens (including phenoxy) is 1. The molecule has 0 radical (unpaired) electrons. The highest BCUT2D eigenvalue weighted by Crippen LogP contribution is 2.30. The molecule has 1 aliphatic heterocycles. The third-order valence-corrected chi connectivity index (χ3v) is 6.16. The van der Waals surface area contributed by atoms with Gasteiger partial charge in [0.2, 0.25) is 5.95 Å². The number of methoxy groups -OCH3 is 1. The summed E-state index contributed by atoms with van der Waals surface area (Å²) in [5, 5.41) is 3.71. The normalized spacial score (nSPS) is 20.6. The van der Waals surface area contributed by atoms with E-state index in [2.05, 4.69) is 15.3 Å². The zero-order valence-corrected chi connectivity index (χ0v) is 18.4. The lowest BCUT2D eigenvalue weighted by Gasteiger charge is -2.28. The minimum atomic E-state index is -0.384. The Kier molecular flexibility index (Phi) is 6.69. The van der Waals surface area contributed by atoms with Gasteiger partial charge in [-0.25, -0.2) is 14.4 Å². The lowest BCUT2D eigenvalue weighted by molar-refractivity contribution is -0.146. The van der Waals surface area contributed by atoms with Crippen molar-refractivity contribution in [3.8, 4) is 0 Å². The van der Waals surface area contributed by atoms with E-state index >= 15 is 0 Å². The van der Waals surface area contributed by atoms with Crippen LogP contribution in [-0.2, 0) is 9.53 Å². The third kappa shape index (κ3) is 4.91. The Morgan fingerprint density at radius 1 is 1.25 bits per heavy atom. The molecule has 32 heavy (non-hydrogen) atoms. The van der Waals surface area contributed by atoms with Crippen molar-refractivity contribution in [2.24, 2.45) is 5.92 Å². The Hall–Kier alpha value is -3.00. The van der Waals surface area contributed by atoms with Crippen molar-refractivity contribution in [1.29, 1.82) is 0 Å². The fourth-order valence-electron chi connectivity index (χ4n) is 4.20. The second-order valence-corrected chi connectivity index (χ2v) is 8.45. The molecule has 0 unspecified atom stereocenters. The summed E-state index contributed by atoms with van der Waals surface area (Å²) in [6, 6.07) is 5.55. The van der Waals surface area contributed by atoms with Gasteiger partial charge < -0.3 is 15.0 Å². The van der Waals surface area contributed by atoms with Crippen LogP contribution in [0.25, 0.3) is 5.57 Å². The molecule has 0 saturated heterocycles. The molecule has 2 aromatic rings. The number of carbonyl (C=O) groups excluding carboxylic acids is 2. The largest absolute Gasteiger partial charge is 0.469 e. The molecule has 7 nitrogen and oxygen atoms in total. The number of anilines is 1. The average molecular weight is 459 g/mol. The standard InChI is InChI=1S/C23H24ClFN4O3/c1-32-22(31)15-3-2-4-18(11-15)27-23-26-12-19(24)20(28-23)16-9-10-29(13-16)21(30)14-5-7-17(25)8-6-14/h5-9,12,15,18H,2-4,10-11,13H2,1H3,(H,26,27,28)/t15-,18+/m0/s1. The summed E-state index contributed by atoms with van der Waals surface area (Å²) in [4.78, 5) is 35.1. The Labute approximate surface area is 190 Å². The van der Waals surface area contributed by atoms with Gasteiger partial charge in [-0.15, -0.1) is 0 Å².